The molecule has 2 rings (SSSR count). The first-order valence-electron chi connectivity index (χ1n) is 8.94. The predicted octanol–water partition coefficient (Wildman–Crippen LogP) is 2.86. The molecule has 154 valence electrons. The van der Waals surface area contributed by atoms with Crippen molar-refractivity contribution in [2.75, 3.05) is 13.7 Å². The second-order valence-electron chi connectivity index (χ2n) is 5.85. The molecule has 0 aromatic heterocycles. The number of methoxy groups -OCH3 is 1. The molecule has 0 spiro atoms. The molecule has 2 amide bonds. The summed E-state index contributed by atoms with van der Waals surface area (Å²) in [7, 11) is 1.54. The molecule has 0 unspecified atom stereocenters. The van der Waals surface area contributed by atoms with Crippen LogP contribution in [0.2, 0.25) is 0 Å². The van der Waals surface area contributed by atoms with Crippen LogP contribution in [0.25, 0.3) is 6.08 Å². The Hall–Kier alpha value is -3.55. The summed E-state index contributed by atoms with van der Waals surface area (Å²) in [5.74, 6) is -0.658. The van der Waals surface area contributed by atoms with Crippen molar-refractivity contribution >= 4 is 17.9 Å². The number of carbonyl (C=O) groups is 2. The van der Waals surface area contributed by atoms with Crippen LogP contribution in [0.1, 0.15) is 19.4 Å². The lowest BCUT2D eigenvalue weighted by Crippen LogP contribution is -2.46. The molecule has 7 nitrogen and oxygen atoms in total. The minimum Gasteiger partial charge on any atom is -0.493 e. The summed E-state index contributed by atoms with van der Waals surface area (Å²) < 4.78 is 29.5. The minimum absolute atomic E-state index is 0.0500. The molecule has 2 aromatic rings. The Kier molecular flexibility index (Phi) is 8.02. The SMILES string of the molecule is CCOc1cc(/C=C/C(=O)NNC(=O)[C@H](C)Oc2ccccc2F)ccc1OC. The van der Waals surface area contributed by atoms with Crippen LogP contribution in [0.4, 0.5) is 4.39 Å². The van der Waals surface area contributed by atoms with Crippen LogP contribution in [0.15, 0.2) is 48.5 Å². The van der Waals surface area contributed by atoms with Crippen molar-refractivity contribution in [1.29, 1.82) is 0 Å². The lowest BCUT2D eigenvalue weighted by Gasteiger charge is -2.15. The number of hydrazine groups is 1. The molecule has 0 fully saturated rings. The topological polar surface area (TPSA) is 85.9 Å². The van der Waals surface area contributed by atoms with Crippen LogP contribution in [-0.4, -0.2) is 31.6 Å². The minimum atomic E-state index is -1.01. The molecule has 0 heterocycles. The molecule has 29 heavy (non-hydrogen) atoms. The van der Waals surface area contributed by atoms with Crippen molar-refractivity contribution < 1.29 is 28.2 Å². The third-order valence-electron chi connectivity index (χ3n) is 3.73. The van der Waals surface area contributed by atoms with Gasteiger partial charge >= 0.3 is 0 Å². The third-order valence-corrected chi connectivity index (χ3v) is 3.73. The Labute approximate surface area is 168 Å². The molecule has 8 heteroatoms. The second kappa shape index (κ2) is 10.7. The van der Waals surface area contributed by atoms with E-state index in [1.165, 1.54) is 31.2 Å². The highest BCUT2D eigenvalue weighted by Gasteiger charge is 2.16. The van der Waals surface area contributed by atoms with E-state index in [1.807, 2.05) is 6.92 Å². The monoisotopic (exact) mass is 402 g/mol. The first kappa shape index (κ1) is 21.7. The van der Waals surface area contributed by atoms with Gasteiger partial charge in [-0.15, -0.1) is 0 Å². The Balaban J connectivity index is 1.88. The van der Waals surface area contributed by atoms with E-state index in [-0.39, 0.29) is 5.75 Å². The molecule has 2 aromatic carbocycles. The van der Waals surface area contributed by atoms with Crippen LogP contribution in [-0.2, 0) is 9.59 Å². The van der Waals surface area contributed by atoms with Gasteiger partial charge in [-0.05, 0) is 49.8 Å². The van der Waals surface area contributed by atoms with Gasteiger partial charge in [-0.2, -0.15) is 0 Å². The number of amides is 2. The van der Waals surface area contributed by atoms with Gasteiger partial charge in [0, 0.05) is 6.08 Å². The van der Waals surface area contributed by atoms with Crippen molar-refractivity contribution in [2.24, 2.45) is 0 Å². The number of rotatable bonds is 8. The van der Waals surface area contributed by atoms with E-state index in [9.17, 15) is 14.0 Å². The number of hydrogen-bond acceptors (Lipinski definition) is 5. The van der Waals surface area contributed by atoms with Crippen LogP contribution < -0.4 is 25.1 Å². The molecule has 0 saturated carbocycles. The van der Waals surface area contributed by atoms with Gasteiger partial charge in [-0.3, -0.25) is 20.4 Å². The molecule has 0 bridgehead atoms. The van der Waals surface area contributed by atoms with Gasteiger partial charge in [0.05, 0.1) is 13.7 Å². The summed E-state index contributed by atoms with van der Waals surface area (Å²) in [4.78, 5) is 23.9. The van der Waals surface area contributed by atoms with Crippen LogP contribution >= 0.6 is 0 Å². The van der Waals surface area contributed by atoms with Crippen molar-refractivity contribution in [3.05, 3.63) is 59.9 Å². The Morgan fingerprint density at radius 3 is 2.55 bits per heavy atom. The standard InChI is InChI=1S/C21H23FN2O5/c1-4-28-19-13-15(9-11-18(19)27-3)10-12-20(25)23-24-21(26)14(2)29-17-8-6-5-7-16(17)22/h5-14H,4H2,1-3H3,(H,23,25)(H,24,26)/b12-10+/t14-/m0/s1. The Bertz CT molecular complexity index is 885. The van der Waals surface area contributed by atoms with Crippen molar-refractivity contribution in [3.63, 3.8) is 0 Å². The zero-order chi connectivity index (χ0) is 21.2. The molecule has 0 aliphatic rings. The first-order chi connectivity index (χ1) is 13.9. The number of halogens is 1. The van der Waals surface area contributed by atoms with Gasteiger partial charge in [0.15, 0.2) is 29.2 Å². The smallest absolute Gasteiger partial charge is 0.279 e. The fraction of sp³-hybridized carbons (Fsp3) is 0.238. The Morgan fingerprint density at radius 1 is 1.10 bits per heavy atom. The number of ether oxygens (including phenoxy) is 3. The highest BCUT2D eigenvalue weighted by atomic mass is 19.1. The summed E-state index contributed by atoms with van der Waals surface area (Å²) in [6.07, 6.45) is 1.80. The number of hydrogen-bond donors (Lipinski definition) is 2. The maximum Gasteiger partial charge on any atom is 0.279 e. The molecular weight excluding hydrogens is 379 g/mol. The van der Waals surface area contributed by atoms with Gasteiger partial charge < -0.3 is 14.2 Å². The average Bonchev–Trinajstić information content (AvgIpc) is 2.72. The second-order valence-corrected chi connectivity index (χ2v) is 5.85. The Morgan fingerprint density at radius 2 is 1.86 bits per heavy atom. The van der Waals surface area contributed by atoms with E-state index in [0.29, 0.717) is 23.7 Å². The van der Waals surface area contributed by atoms with E-state index < -0.39 is 23.7 Å². The number of benzene rings is 2. The van der Waals surface area contributed by atoms with Gasteiger partial charge in [0.25, 0.3) is 11.8 Å². The molecule has 2 N–H and O–H groups in total. The van der Waals surface area contributed by atoms with Crippen molar-refractivity contribution in [1.82, 2.24) is 10.9 Å². The summed E-state index contributed by atoms with van der Waals surface area (Å²) in [5, 5.41) is 0. The fourth-order valence-corrected chi connectivity index (χ4v) is 2.29. The molecule has 0 saturated heterocycles. The largest absolute Gasteiger partial charge is 0.493 e. The summed E-state index contributed by atoms with van der Waals surface area (Å²) in [6.45, 7) is 3.77. The maximum absolute atomic E-state index is 13.6. The van der Waals surface area contributed by atoms with Crippen molar-refractivity contribution in [2.45, 2.75) is 20.0 Å². The number of carbonyl (C=O) groups excluding carboxylic acids is 2. The zero-order valence-corrected chi connectivity index (χ0v) is 16.4. The van der Waals surface area contributed by atoms with Gasteiger partial charge in [-0.25, -0.2) is 4.39 Å². The molecule has 0 radical (unpaired) electrons. The van der Waals surface area contributed by atoms with Crippen molar-refractivity contribution in [3.8, 4) is 17.2 Å². The highest BCUT2D eigenvalue weighted by molar-refractivity contribution is 5.93. The fourth-order valence-electron chi connectivity index (χ4n) is 2.29. The summed E-state index contributed by atoms with van der Waals surface area (Å²) in [6, 6.07) is 11.0. The quantitative estimate of drug-likeness (QED) is 0.524. The van der Waals surface area contributed by atoms with Crippen LogP contribution in [0, 0.1) is 5.82 Å². The zero-order valence-electron chi connectivity index (χ0n) is 16.4. The van der Waals surface area contributed by atoms with E-state index >= 15 is 0 Å². The average molecular weight is 402 g/mol. The third kappa shape index (κ3) is 6.53. The number of nitrogens with one attached hydrogen (secondary N) is 2. The molecule has 0 aliphatic carbocycles. The van der Waals surface area contributed by atoms with E-state index in [1.54, 1.807) is 37.5 Å². The maximum atomic E-state index is 13.6. The number of para-hydroxylation sites is 1. The van der Waals surface area contributed by atoms with Gasteiger partial charge in [0.1, 0.15) is 0 Å². The predicted molar refractivity (Wildman–Crippen MR) is 106 cm³/mol. The van der Waals surface area contributed by atoms with E-state index in [2.05, 4.69) is 10.9 Å². The lowest BCUT2D eigenvalue weighted by molar-refractivity contribution is -0.131. The lowest BCUT2D eigenvalue weighted by atomic mass is 10.2. The van der Waals surface area contributed by atoms with Gasteiger partial charge in [0.2, 0.25) is 0 Å². The van der Waals surface area contributed by atoms with E-state index in [4.69, 9.17) is 14.2 Å². The summed E-state index contributed by atoms with van der Waals surface area (Å²) in [5.41, 5.74) is 5.18. The van der Waals surface area contributed by atoms with Crippen LogP contribution in [0.5, 0.6) is 17.2 Å². The normalized spacial score (nSPS) is 11.6. The molecule has 0 aliphatic heterocycles. The highest BCUT2D eigenvalue weighted by Crippen LogP contribution is 2.28. The van der Waals surface area contributed by atoms with E-state index in [0.717, 1.165) is 0 Å². The molecular formula is C21H23FN2O5. The molecule has 1 atom stereocenters. The van der Waals surface area contributed by atoms with Crippen LogP contribution in [0.3, 0.4) is 0 Å². The first-order valence-corrected chi connectivity index (χ1v) is 8.94. The summed E-state index contributed by atoms with van der Waals surface area (Å²) >= 11 is 0. The van der Waals surface area contributed by atoms with Gasteiger partial charge in [-0.1, -0.05) is 18.2 Å².